The number of nitrogen functional groups attached to an aromatic ring is 1. The zero-order valence-electron chi connectivity index (χ0n) is 10.0. The van der Waals surface area contributed by atoms with Crippen molar-refractivity contribution >= 4 is 17.5 Å². The first kappa shape index (κ1) is 12.0. The molecule has 0 radical (unpaired) electrons. The molecule has 0 spiro atoms. The molecule has 0 unspecified atom stereocenters. The van der Waals surface area contributed by atoms with Gasteiger partial charge in [-0.3, -0.25) is 5.32 Å². The van der Waals surface area contributed by atoms with Crippen molar-refractivity contribution in [2.75, 3.05) is 11.1 Å². The highest BCUT2D eigenvalue weighted by Gasteiger charge is 2.06. The number of carbonyl (C=O) groups is 1. The Hall–Kier alpha value is -2.49. The lowest BCUT2D eigenvalue weighted by molar-refractivity contribution is 0.215. The first-order valence-corrected chi connectivity index (χ1v) is 5.55. The highest BCUT2D eigenvalue weighted by molar-refractivity contribution is 5.87. The fourth-order valence-corrected chi connectivity index (χ4v) is 1.53. The lowest BCUT2D eigenvalue weighted by Gasteiger charge is -2.08. The smallest absolute Gasteiger partial charge is 0.410 e. The van der Waals surface area contributed by atoms with E-state index in [1.54, 1.807) is 30.3 Å². The van der Waals surface area contributed by atoms with Gasteiger partial charge in [-0.05, 0) is 36.8 Å². The van der Waals surface area contributed by atoms with Crippen LogP contribution in [0.25, 0.3) is 0 Å². The number of hydrogen-bond acceptors (Lipinski definition) is 3. The number of nitrogens with two attached hydrogens (primary N) is 1. The van der Waals surface area contributed by atoms with Crippen LogP contribution in [-0.2, 0) is 0 Å². The molecular weight excluding hydrogens is 228 g/mol. The number of carbonyl (C=O) groups excluding carboxylic acids is 1. The van der Waals surface area contributed by atoms with Crippen molar-refractivity contribution in [3.63, 3.8) is 0 Å². The predicted octanol–water partition coefficient (Wildman–Crippen LogP) is 3.19. The molecule has 2 rings (SSSR count). The maximum Gasteiger partial charge on any atom is 0.417 e. The Bertz CT molecular complexity index is 567. The molecule has 0 aliphatic rings. The van der Waals surface area contributed by atoms with Gasteiger partial charge < -0.3 is 10.5 Å². The summed E-state index contributed by atoms with van der Waals surface area (Å²) in [4.78, 5) is 11.7. The topological polar surface area (TPSA) is 64.3 Å². The van der Waals surface area contributed by atoms with E-state index in [1.807, 2.05) is 25.1 Å². The molecule has 0 heterocycles. The molecule has 0 fully saturated rings. The number of aryl methyl sites for hydroxylation is 1. The predicted molar refractivity (Wildman–Crippen MR) is 71.7 cm³/mol. The van der Waals surface area contributed by atoms with Crippen molar-refractivity contribution in [1.82, 2.24) is 0 Å². The number of benzene rings is 2. The molecule has 4 nitrogen and oxygen atoms in total. The Morgan fingerprint density at radius 2 is 1.94 bits per heavy atom. The fraction of sp³-hybridized carbons (Fsp3) is 0.0714. The van der Waals surface area contributed by atoms with Crippen molar-refractivity contribution in [1.29, 1.82) is 0 Å². The SMILES string of the molecule is Cc1ccccc1OC(=O)Nc1cccc(N)c1. The van der Waals surface area contributed by atoms with Gasteiger partial charge in [-0.1, -0.05) is 24.3 Å². The summed E-state index contributed by atoms with van der Waals surface area (Å²) < 4.78 is 5.20. The highest BCUT2D eigenvalue weighted by Crippen LogP contribution is 2.17. The molecule has 0 bridgehead atoms. The van der Waals surface area contributed by atoms with Crippen molar-refractivity contribution in [2.24, 2.45) is 0 Å². The van der Waals surface area contributed by atoms with Crippen molar-refractivity contribution in [3.8, 4) is 5.75 Å². The van der Waals surface area contributed by atoms with E-state index in [0.29, 0.717) is 17.1 Å². The number of anilines is 2. The van der Waals surface area contributed by atoms with Crippen LogP contribution < -0.4 is 15.8 Å². The molecule has 0 saturated heterocycles. The maximum atomic E-state index is 11.7. The van der Waals surface area contributed by atoms with Crippen molar-refractivity contribution < 1.29 is 9.53 Å². The van der Waals surface area contributed by atoms with Gasteiger partial charge in [-0.2, -0.15) is 0 Å². The summed E-state index contributed by atoms with van der Waals surface area (Å²) in [6.45, 7) is 1.88. The van der Waals surface area contributed by atoms with Crippen LogP contribution in [0.4, 0.5) is 16.2 Å². The van der Waals surface area contributed by atoms with E-state index in [9.17, 15) is 4.79 Å². The Kier molecular flexibility index (Phi) is 3.48. The van der Waals surface area contributed by atoms with E-state index in [-0.39, 0.29) is 0 Å². The van der Waals surface area contributed by atoms with Gasteiger partial charge in [-0.25, -0.2) is 4.79 Å². The van der Waals surface area contributed by atoms with E-state index in [2.05, 4.69) is 5.32 Å². The minimum atomic E-state index is -0.532. The summed E-state index contributed by atoms with van der Waals surface area (Å²) in [6.07, 6.45) is -0.532. The number of ether oxygens (including phenoxy) is 1. The van der Waals surface area contributed by atoms with Gasteiger partial charge in [0.1, 0.15) is 5.75 Å². The Morgan fingerprint density at radius 3 is 2.67 bits per heavy atom. The average molecular weight is 242 g/mol. The largest absolute Gasteiger partial charge is 0.417 e. The second-order valence-electron chi connectivity index (χ2n) is 3.91. The molecule has 4 heteroatoms. The van der Waals surface area contributed by atoms with Crippen LogP contribution >= 0.6 is 0 Å². The van der Waals surface area contributed by atoms with E-state index in [0.717, 1.165) is 5.56 Å². The normalized spacial score (nSPS) is 9.83. The summed E-state index contributed by atoms with van der Waals surface area (Å²) in [5, 5.41) is 2.62. The quantitative estimate of drug-likeness (QED) is 0.795. The molecule has 0 atom stereocenters. The average Bonchev–Trinajstić information content (AvgIpc) is 2.32. The van der Waals surface area contributed by atoms with E-state index >= 15 is 0 Å². The number of hydrogen-bond donors (Lipinski definition) is 2. The number of amides is 1. The van der Waals surface area contributed by atoms with Gasteiger partial charge in [0, 0.05) is 11.4 Å². The van der Waals surface area contributed by atoms with Gasteiger partial charge in [0.15, 0.2) is 0 Å². The minimum Gasteiger partial charge on any atom is -0.410 e. The van der Waals surface area contributed by atoms with Gasteiger partial charge in [0.25, 0.3) is 0 Å². The molecule has 0 aliphatic carbocycles. The van der Waals surface area contributed by atoms with Crippen LogP contribution in [0.15, 0.2) is 48.5 Å². The molecule has 2 aromatic carbocycles. The Labute approximate surface area is 105 Å². The van der Waals surface area contributed by atoms with Gasteiger partial charge in [0.05, 0.1) is 0 Å². The molecule has 0 saturated carbocycles. The van der Waals surface area contributed by atoms with Crippen molar-refractivity contribution in [3.05, 3.63) is 54.1 Å². The van der Waals surface area contributed by atoms with Crippen LogP contribution in [0.3, 0.4) is 0 Å². The van der Waals surface area contributed by atoms with Crippen LogP contribution in [0, 0.1) is 6.92 Å². The molecule has 0 aromatic heterocycles. The first-order chi connectivity index (χ1) is 8.65. The lowest BCUT2D eigenvalue weighted by Crippen LogP contribution is -2.17. The third kappa shape index (κ3) is 3.01. The van der Waals surface area contributed by atoms with Gasteiger partial charge >= 0.3 is 6.09 Å². The van der Waals surface area contributed by atoms with Crippen LogP contribution in [0.5, 0.6) is 5.75 Å². The first-order valence-electron chi connectivity index (χ1n) is 5.55. The lowest BCUT2D eigenvalue weighted by atomic mass is 10.2. The molecular formula is C14H14N2O2. The molecule has 3 N–H and O–H groups in total. The third-order valence-corrected chi connectivity index (χ3v) is 2.43. The summed E-state index contributed by atoms with van der Waals surface area (Å²) in [7, 11) is 0. The summed E-state index contributed by atoms with van der Waals surface area (Å²) >= 11 is 0. The van der Waals surface area contributed by atoms with E-state index in [1.165, 1.54) is 0 Å². The standard InChI is InChI=1S/C14H14N2O2/c1-10-5-2-3-8-13(10)18-14(17)16-12-7-4-6-11(15)9-12/h2-9H,15H2,1H3,(H,16,17). The molecule has 0 aliphatic heterocycles. The van der Waals surface area contributed by atoms with Crippen LogP contribution in [0.1, 0.15) is 5.56 Å². The van der Waals surface area contributed by atoms with E-state index < -0.39 is 6.09 Å². The zero-order chi connectivity index (χ0) is 13.0. The Balaban J connectivity index is 2.03. The second kappa shape index (κ2) is 5.23. The second-order valence-corrected chi connectivity index (χ2v) is 3.91. The fourth-order valence-electron chi connectivity index (χ4n) is 1.53. The maximum absolute atomic E-state index is 11.7. The third-order valence-electron chi connectivity index (χ3n) is 2.43. The van der Waals surface area contributed by atoms with Gasteiger partial charge in [-0.15, -0.1) is 0 Å². The summed E-state index contributed by atoms with van der Waals surface area (Å²) in [5.41, 5.74) is 7.71. The summed E-state index contributed by atoms with van der Waals surface area (Å²) in [6, 6.07) is 14.2. The zero-order valence-corrected chi connectivity index (χ0v) is 10.0. The molecule has 1 amide bonds. The Morgan fingerprint density at radius 1 is 1.17 bits per heavy atom. The minimum absolute atomic E-state index is 0.532. The van der Waals surface area contributed by atoms with Crippen LogP contribution in [0.2, 0.25) is 0 Å². The summed E-state index contributed by atoms with van der Waals surface area (Å²) in [5.74, 6) is 0.541. The number of nitrogens with one attached hydrogen (secondary N) is 1. The highest BCUT2D eigenvalue weighted by atomic mass is 16.6. The molecule has 18 heavy (non-hydrogen) atoms. The number of para-hydroxylation sites is 1. The van der Waals surface area contributed by atoms with Crippen LogP contribution in [-0.4, -0.2) is 6.09 Å². The van der Waals surface area contributed by atoms with E-state index in [4.69, 9.17) is 10.5 Å². The monoisotopic (exact) mass is 242 g/mol. The molecule has 2 aromatic rings. The molecule has 92 valence electrons. The van der Waals surface area contributed by atoms with Crippen molar-refractivity contribution in [2.45, 2.75) is 6.92 Å². The van der Waals surface area contributed by atoms with Gasteiger partial charge in [0.2, 0.25) is 0 Å². The number of rotatable bonds is 2.